The second kappa shape index (κ2) is 5.15. The van der Waals surface area contributed by atoms with Crippen LogP contribution in [0.3, 0.4) is 0 Å². The van der Waals surface area contributed by atoms with E-state index < -0.39 is 14.6 Å². The Kier molecular flexibility index (Phi) is 4.00. The first-order chi connectivity index (χ1) is 9.19. The van der Waals surface area contributed by atoms with Crippen LogP contribution in [0.5, 0.6) is 0 Å². The molecule has 0 fully saturated rings. The van der Waals surface area contributed by atoms with Crippen molar-refractivity contribution in [1.82, 2.24) is 0 Å². The van der Waals surface area contributed by atoms with E-state index in [1.807, 2.05) is 12.1 Å². The highest BCUT2D eigenvalue weighted by molar-refractivity contribution is 7.92. The smallest absolute Gasteiger partial charge is 0.155 e. The van der Waals surface area contributed by atoms with E-state index in [0.29, 0.717) is 13.0 Å². The Labute approximate surface area is 122 Å². The predicted octanol–water partition coefficient (Wildman–Crippen LogP) is 2.33. The van der Waals surface area contributed by atoms with Gasteiger partial charge in [0.25, 0.3) is 0 Å². The summed E-state index contributed by atoms with van der Waals surface area (Å²) in [4.78, 5) is 0. The maximum absolute atomic E-state index is 12.3. The van der Waals surface area contributed by atoms with Crippen molar-refractivity contribution in [2.24, 2.45) is 11.1 Å². The van der Waals surface area contributed by atoms with Gasteiger partial charge in [0.2, 0.25) is 0 Å². The van der Waals surface area contributed by atoms with Gasteiger partial charge in [-0.1, -0.05) is 24.3 Å². The molecule has 0 saturated carbocycles. The molecular formula is C16H25NO2S. The van der Waals surface area contributed by atoms with Gasteiger partial charge in [0.05, 0.1) is 10.5 Å². The van der Waals surface area contributed by atoms with Gasteiger partial charge in [-0.25, -0.2) is 8.42 Å². The molecule has 1 aliphatic carbocycles. The van der Waals surface area contributed by atoms with E-state index in [-0.39, 0.29) is 11.2 Å². The molecule has 1 aliphatic rings. The molecule has 3 nitrogen and oxygen atoms in total. The third-order valence-corrected chi connectivity index (χ3v) is 7.12. The number of hydrogen-bond donors (Lipinski definition) is 1. The van der Waals surface area contributed by atoms with E-state index >= 15 is 0 Å². The van der Waals surface area contributed by atoms with Gasteiger partial charge in [0.15, 0.2) is 9.84 Å². The first kappa shape index (κ1) is 15.5. The van der Waals surface area contributed by atoms with E-state index in [9.17, 15) is 8.42 Å². The molecule has 0 aliphatic heterocycles. The molecule has 2 rings (SSSR count). The maximum atomic E-state index is 12.3. The quantitative estimate of drug-likeness (QED) is 0.927. The van der Waals surface area contributed by atoms with Crippen molar-refractivity contribution in [2.75, 3.05) is 12.3 Å². The Morgan fingerprint density at radius 1 is 1.15 bits per heavy atom. The minimum Gasteiger partial charge on any atom is -0.330 e. The lowest BCUT2D eigenvalue weighted by Gasteiger charge is -2.29. The third-order valence-electron chi connectivity index (χ3n) is 4.52. The van der Waals surface area contributed by atoms with Crippen LogP contribution in [0.4, 0.5) is 0 Å². The molecule has 112 valence electrons. The minimum atomic E-state index is -3.08. The van der Waals surface area contributed by atoms with E-state index in [4.69, 9.17) is 5.73 Å². The summed E-state index contributed by atoms with van der Waals surface area (Å²) in [5.41, 5.74) is 8.56. The summed E-state index contributed by atoms with van der Waals surface area (Å²) in [6.07, 6.45) is 2.45. The number of nitrogens with two attached hydrogens (primary N) is 1. The lowest BCUT2D eigenvalue weighted by atomic mass is 9.82. The number of benzene rings is 1. The summed E-state index contributed by atoms with van der Waals surface area (Å²) in [5.74, 6) is 0.224. The van der Waals surface area contributed by atoms with Crippen LogP contribution in [0.1, 0.15) is 38.3 Å². The van der Waals surface area contributed by atoms with E-state index in [0.717, 1.165) is 12.8 Å². The molecule has 0 unspecified atom stereocenters. The zero-order valence-electron chi connectivity index (χ0n) is 12.6. The predicted molar refractivity (Wildman–Crippen MR) is 83.5 cm³/mol. The normalized spacial score (nSPS) is 18.0. The van der Waals surface area contributed by atoms with Gasteiger partial charge in [0.1, 0.15) is 0 Å². The summed E-state index contributed by atoms with van der Waals surface area (Å²) >= 11 is 0. The molecule has 1 aromatic rings. The zero-order chi connectivity index (χ0) is 15.0. The van der Waals surface area contributed by atoms with Gasteiger partial charge in [-0.2, -0.15) is 0 Å². The second-order valence-corrected chi connectivity index (χ2v) is 9.87. The highest BCUT2D eigenvalue weighted by atomic mass is 32.2. The van der Waals surface area contributed by atoms with Gasteiger partial charge in [-0.05, 0) is 63.1 Å². The number of sulfone groups is 1. The zero-order valence-corrected chi connectivity index (χ0v) is 13.5. The molecule has 0 heterocycles. The maximum Gasteiger partial charge on any atom is 0.155 e. The molecular weight excluding hydrogens is 270 g/mol. The number of fused-ring (bicyclic) bond motifs is 1. The van der Waals surface area contributed by atoms with Crippen LogP contribution in [0.2, 0.25) is 0 Å². The van der Waals surface area contributed by atoms with Gasteiger partial charge >= 0.3 is 0 Å². The van der Waals surface area contributed by atoms with Gasteiger partial charge < -0.3 is 5.73 Å². The fourth-order valence-electron chi connectivity index (χ4n) is 2.85. The molecule has 0 saturated heterocycles. The SMILES string of the molecule is CC(C)(C)S(=O)(=O)CCC1(CN)Cc2ccccc2C1. The molecule has 2 N–H and O–H groups in total. The average molecular weight is 295 g/mol. The van der Waals surface area contributed by atoms with Crippen molar-refractivity contribution in [2.45, 2.75) is 44.8 Å². The van der Waals surface area contributed by atoms with Crippen LogP contribution in [0.25, 0.3) is 0 Å². The average Bonchev–Trinajstić information content (AvgIpc) is 2.74. The monoisotopic (exact) mass is 295 g/mol. The fraction of sp³-hybridized carbons (Fsp3) is 0.625. The Hall–Kier alpha value is -0.870. The highest BCUT2D eigenvalue weighted by Crippen LogP contribution is 2.39. The Morgan fingerprint density at radius 2 is 1.65 bits per heavy atom. The van der Waals surface area contributed by atoms with Crippen LogP contribution in [0.15, 0.2) is 24.3 Å². The van der Waals surface area contributed by atoms with E-state index in [1.54, 1.807) is 20.8 Å². The van der Waals surface area contributed by atoms with Crippen molar-refractivity contribution >= 4 is 9.84 Å². The van der Waals surface area contributed by atoms with Crippen molar-refractivity contribution in [3.63, 3.8) is 0 Å². The van der Waals surface area contributed by atoms with Crippen LogP contribution in [-0.2, 0) is 22.7 Å². The van der Waals surface area contributed by atoms with Gasteiger partial charge in [-0.3, -0.25) is 0 Å². The molecule has 0 spiro atoms. The molecule has 0 aromatic heterocycles. The molecule has 0 amide bonds. The molecule has 4 heteroatoms. The molecule has 20 heavy (non-hydrogen) atoms. The summed E-state index contributed by atoms with van der Waals surface area (Å²) in [5, 5.41) is 0. The molecule has 0 bridgehead atoms. The molecule has 0 atom stereocenters. The van der Waals surface area contributed by atoms with E-state index in [1.165, 1.54) is 11.1 Å². The summed E-state index contributed by atoms with van der Waals surface area (Å²) < 4.78 is 23.9. The fourth-order valence-corrected chi connectivity index (χ4v) is 4.17. The van der Waals surface area contributed by atoms with Crippen molar-refractivity contribution < 1.29 is 8.42 Å². The Balaban J connectivity index is 2.13. The molecule has 1 aromatic carbocycles. The minimum absolute atomic E-state index is 0.0813. The summed E-state index contributed by atoms with van der Waals surface area (Å²) in [7, 11) is -3.08. The van der Waals surface area contributed by atoms with Crippen molar-refractivity contribution in [3.05, 3.63) is 35.4 Å². The lowest BCUT2D eigenvalue weighted by molar-refractivity contribution is 0.304. The van der Waals surface area contributed by atoms with Crippen molar-refractivity contribution in [1.29, 1.82) is 0 Å². The highest BCUT2D eigenvalue weighted by Gasteiger charge is 2.38. The standard InChI is InChI=1S/C16H25NO2S/c1-15(2,3)20(18,19)9-8-16(12-17)10-13-6-4-5-7-14(13)11-16/h4-7H,8-12,17H2,1-3H3. The van der Waals surface area contributed by atoms with Crippen LogP contribution in [0, 0.1) is 5.41 Å². The van der Waals surface area contributed by atoms with Crippen LogP contribution >= 0.6 is 0 Å². The lowest BCUT2D eigenvalue weighted by Crippen LogP contribution is -2.37. The number of hydrogen-bond acceptors (Lipinski definition) is 3. The first-order valence-electron chi connectivity index (χ1n) is 7.18. The Morgan fingerprint density at radius 3 is 2.05 bits per heavy atom. The van der Waals surface area contributed by atoms with Gasteiger partial charge in [0, 0.05) is 0 Å². The number of rotatable bonds is 4. The summed E-state index contributed by atoms with van der Waals surface area (Å²) in [6.45, 7) is 5.84. The summed E-state index contributed by atoms with van der Waals surface area (Å²) in [6, 6.07) is 8.34. The Bertz CT molecular complexity index is 560. The first-order valence-corrected chi connectivity index (χ1v) is 8.84. The topological polar surface area (TPSA) is 60.2 Å². The second-order valence-electron chi connectivity index (χ2n) is 7.01. The van der Waals surface area contributed by atoms with Crippen LogP contribution < -0.4 is 5.73 Å². The largest absolute Gasteiger partial charge is 0.330 e. The van der Waals surface area contributed by atoms with E-state index in [2.05, 4.69) is 12.1 Å². The molecule has 0 radical (unpaired) electrons. The van der Waals surface area contributed by atoms with Gasteiger partial charge in [-0.15, -0.1) is 0 Å². The van der Waals surface area contributed by atoms with Crippen molar-refractivity contribution in [3.8, 4) is 0 Å². The third kappa shape index (κ3) is 2.91. The van der Waals surface area contributed by atoms with Crippen LogP contribution in [-0.4, -0.2) is 25.5 Å².